The minimum Gasteiger partial charge on any atom is -0.346 e. The first-order chi connectivity index (χ1) is 11.1. The van der Waals surface area contributed by atoms with Crippen LogP contribution < -0.4 is 16.4 Å². The second kappa shape index (κ2) is 12.0. The summed E-state index contributed by atoms with van der Waals surface area (Å²) in [6, 6.07) is 7.50. The van der Waals surface area contributed by atoms with Crippen LogP contribution >= 0.6 is 36.6 Å². The average Bonchev–Trinajstić information content (AvgIpc) is 3.00. The normalized spacial score (nSPS) is 11.1. The number of para-hydroxylation sites is 2. The Balaban J connectivity index is 0.00000288. The van der Waals surface area contributed by atoms with Gasteiger partial charge in [0.25, 0.3) is 0 Å². The standard InChI is InChI=1S/C15H21N5O2S.2ClH/c1-23-7-6-12(18-14(22)9-17-13(21)8-16)15-19-10-4-2-3-5-11(10)20-15;;/h2-5,12H,6-9,16H2,1H3,(H,17,21)(H,18,22)(H,19,20);2*1H. The van der Waals surface area contributed by atoms with Crippen molar-refractivity contribution in [1.82, 2.24) is 20.6 Å². The molecule has 0 aliphatic heterocycles. The number of imidazole rings is 1. The summed E-state index contributed by atoms with van der Waals surface area (Å²) in [6.45, 7) is -0.223. The van der Waals surface area contributed by atoms with E-state index in [2.05, 4.69) is 20.6 Å². The zero-order valence-corrected chi connectivity index (χ0v) is 16.2. The minimum atomic E-state index is -0.357. The Kier molecular flexibility index (Phi) is 11.3. The van der Waals surface area contributed by atoms with Crippen LogP contribution in [0.3, 0.4) is 0 Å². The molecule has 1 unspecified atom stereocenters. The van der Waals surface area contributed by atoms with Crippen LogP contribution in [0.4, 0.5) is 0 Å². The second-order valence-corrected chi connectivity index (χ2v) is 6.01. The van der Waals surface area contributed by atoms with Crippen molar-refractivity contribution in [3.63, 3.8) is 0 Å². The summed E-state index contributed by atoms with van der Waals surface area (Å²) in [7, 11) is 0. The van der Waals surface area contributed by atoms with Crippen molar-refractivity contribution >= 4 is 59.4 Å². The van der Waals surface area contributed by atoms with Gasteiger partial charge in [0.2, 0.25) is 11.8 Å². The highest BCUT2D eigenvalue weighted by atomic mass is 35.5. The average molecular weight is 408 g/mol. The molecule has 0 aliphatic rings. The molecule has 0 bridgehead atoms. The van der Waals surface area contributed by atoms with E-state index in [4.69, 9.17) is 5.73 Å². The Hall–Kier alpha value is -1.48. The van der Waals surface area contributed by atoms with Crippen molar-refractivity contribution < 1.29 is 9.59 Å². The van der Waals surface area contributed by atoms with Crippen LogP contribution in [0.25, 0.3) is 11.0 Å². The molecule has 1 heterocycles. The van der Waals surface area contributed by atoms with E-state index in [1.807, 2.05) is 30.5 Å². The van der Waals surface area contributed by atoms with E-state index < -0.39 is 0 Å². The first-order valence-corrected chi connectivity index (χ1v) is 8.73. The molecule has 10 heteroatoms. The lowest BCUT2D eigenvalue weighted by atomic mass is 10.2. The molecule has 1 aromatic carbocycles. The molecule has 0 aliphatic carbocycles. The van der Waals surface area contributed by atoms with Gasteiger partial charge in [-0.15, -0.1) is 24.8 Å². The van der Waals surface area contributed by atoms with Gasteiger partial charge >= 0.3 is 0 Å². The number of hydrogen-bond donors (Lipinski definition) is 4. The number of aromatic amines is 1. The summed E-state index contributed by atoms with van der Waals surface area (Å²) in [5.41, 5.74) is 6.99. The molecule has 0 radical (unpaired) electrons. The molecule has 1 aromatic heterocycles. The summed E-state index contributed by atoms with van der Waals surface area (Å²) >= 11 is 1.70. The lowest BCUT2D eigenvalue weighted by Gasteiger charge is -2.16. The Morgan fingerprint density at radius 3 is 2.64 bits per heavy atom. The van der Waals surface area contributed by atoms with Gasteiger partial charge in [0, 0.05) is 0 Å². The van der Waals surface area contributed by atoms with Gasteiger partial charge in [-0.1, -0.05) is 12.1 Å². The zero-order chi connectivity index (χ0) is 16.7. The predicted molar refractivity (Wildman–Crippen MR) is 107 cm³/mol. The van der Waals surface area contributed by atoms with E-state index in [1.165, 1.54) is 0 Å². The largest absolute Gasteiger partial charge is 0.346 e. The number of nitrogens with zero attached hydrogens (tertiary/aromatic N) is 1. The number of carbonyl (C=O) groups excluding carboxylic acids is 2. The smallest absolute Gasteiger partial charge is 0.239 e. The summed E-state index contributed by atoms with van der Waals surface area (Å²) in [4.78, 5) is 30.9. The molecule has 0 spiro atoms. The monoisotopic (exact) mass is 407 g/mol. The number of benzene rings is 1. The Bertz CT molecular complexity index is 650. The quantitative estimate of drug-likeness (QED) is 0.527. The lowest BCUT2D eigenvalue weighted by Crippen LogP contribution is -2.41. The summed E-state index contributed by atoms with van der Waals surface area (Å²) in [5, 5.41) is 5.37. The van der Waals surface area contributed by atoms with Crippen LogP contribution in [0.2, 0.25) is 0 Å². The maximum Gasteiger partial charge on any atom is 0.239 e. The summed E-state index contributed by atoms with van der Waals surface area (Å²) < 4.78 is 0. The van der Waals surface area contributed by atoms with E-state index in [1.54, 1.807) is 11.8 Å². The Morgan fingerprint density at radius 2 is 2.00 bits per heavy atom. The molecule has 2 amide bonds. The highest BCUT2D eigenvalue weighted by molar-refractivity contribution is 7.98. The van der Waals surface area contributed by atoms with Gasteiger partial charge < -0.3 is 21.4 Å². The number of rotatable bonds is 8. The fraction of sp³-hybridized carbons (Fsp3) is 0.400. The molecule has 0 saturated carbocycles. The topological polar surface area (TPSA) is 113 Å². The van der Waals surface area contributed by atoms with E-state index in [-0.39, 0.29) is 55.8 Å². The van der Waals surface area contributed by atoms with Gasteiger partial charge in [-0.2, -0.15) is 11.8 Å². The van der Waals surface area contributed by atoms with Crippen molar-refractivity contribution in [2.75, 3.05) is 25.1 Å². The van der Waals surface area contributed by atoms with Crippen LogP contribution in [0.15, 0.2) is 24.3 Å². The number of hydrogen-bond acceptors (Lipinski definition) is 5. The van der Waals surface area contributed by atoms with Gasteiger partial charge in [0.05, 0.1) is 30.2 Å². The van der Waals surface area contributed by atoms with Gasteiger partial charge in [0.1, 0.15) is 5.82 Å². The SMILES string of the molecule is CSCCC(NC(=O)CNC(=O)CN)c1nc2ccccc2[nH]1.Cl.Cl. The molecular formula is C15H23Cl2N5O2S. The first kappa shape index (κ1) is 23.5. The number of carbonyl (C=O) groups is 2. The van der Waals surface area contributed by atoms with Crippen molar-refractivity contribution in [2.45, 2.75) is 12.5 Å². The van der Waals surface area contributed by atoms with Crippen molar-refractivity contribution in [3.8, 4) is 0 Å². The fourth-order valence-electron chi connectivity index (χ4n) is 2.15. The highest BCUT2D eigenvalue weighted by Gasteiger charge is 2.18. The predicted octanol–water partition coefficient (Wildman–Crippen LogP) is 1.39. The van der Waals surface area contributed by atoms with E-state index in [9.17, 15) is 9.59 Å². The lowest BCUT2D eigenvalue weighted by molar-refractivity contribution is -0.125. The zero-order valence-electron chi connectivity index (χ0n) is 13.8. The summed E-state index contributed by atoms with van der Waals surface area (Å²) in [6.07, 6.45) is 2.76. The molecule has 0 fully saturated rings. The maximum absolute atomic E-state index is 12.0. The van der Waals surface area contributed by atoms with Gasteiger partial charge in [-0.25, -0.2) is 4.98 Å². The number of thioether (sulfide) groups is 1. The molecule has 0 saturated heterocycles. The molecule has 25 heavy (non-hydrogen) atoms. The van der Waals surface area contributed by atoms with Gasteiger partial charge in [-0.05, 0) is 30.6 Å². The number of H-pyrrole nitrogens is 1. The third-order valence-corrected chi connectivity index (χ3v) is 3.96. The van der Waals surface area contributed by atoms with Crippen molar-refractivity contribution in [3.05, 3.63) is 30.1 Å². The van der Waals surface area contributed by atoms with E-state index in [0.717, 1.165) is 29.0 Å². The number of fused-ring (bicyclic) bond motifs is 1. The molecule has 2 aromatic rings. The van der Waals surface area contributed by atoms with Crippen LogP contribution in [0, 0.1) is 0 Å². The number of halogens is 2. The number of amides is 2. The van der Waals surface area contributed by atoms with Gasteiger partial charge in [0.15, 0.2) is 0 Å². The van der Waals surface area contributed by atoms with Crippen molar-refractivity contribution in [2.24, 2.45) is 5.73 Å². The molecule has 140 valence electrons. The van der Waals surface area contributed by atoms with Crippen molar-refractivity contribution in [1.29, 1.82) is 0 Å². The molecule has 2 rings (SSSR count). The highest BCUT2D eigenvalue weighted by Crippen LogP contribution is 2.19. The van der Waals surface area contributed by atoms with E-state index >= 15 is 0 Å². The second-order valence-electron chi connectivity index (χ2n) is 5.02. The first-order valence-electron chi connectivity index (χ1n) is 7.33. The molecule has 5 N–H and O–H groups in total. The Labute approximate surface area is 163 Å². The van der Waals surface area contributed by atoms with Gasteiger partial charge in [-0.3, -0.25) is 9.59 Å². The molecule has 7 nitrogen and oxygen atoms in total. The van der Waals surface area contributed by atoms with Crippen LogP contribution in [0.1, 0.15) is 18.3 Å². The molecular weight excluding hydrogens is 385 g/mol. The maximum atomic E-state index is 12.0. The van der Waals surface area contributed by atoms with Crippen LogP contribution in [-0.2, 0) is 9.59 Å². The molecule has 1 atom stereocenters. The number of aromatic nitrogens is 2. The van der Waals surface area contributed by atoms with Crippen LogP contribution in [0.5, 0.6) is 0 Å². The number of nitrogens with two attached hydrogens (primary N) is 1. The third kappa shape index (κ3) is 7.11. The van der Waals surface area contributed by atoms with E-state index in [0.29, 0.717) is 0 Å². The summed E-state index contributed by atoms with van der Waals surface area (Å²) in [5.74, 6) is 0.985. The fourth-order valence-corrected chi connectivity index (χ4v) is 2.62. The van der Waals surface area contributed by atoms with Crippen LogP contribution in [-0.4, -0.2) is 46.9 Å². The minimum absolute atomic E-state index is 0. The number of nitrogens with one attached hydrogen (secondary N) is 3. The third-order valence-electron chi connectivity index (χ3n) is 3.32. The Morgan fingerprint density at radius 1 is 1.28 bits per heavy atom.